The number of hydrogen-bond acceptors (Lipinski definition) is 3. The lowest BCUT2D eigenvalue weighted by atomic mass is 9.96. The number of nitrogens with zero attached hydrogens (tertiary/aromatic N) is 1. The average molecular weight is 243 g/mol. The molecule has 0 aliphatic carbocycles. The van der Waals surface area contributed by atoms with Gasteiger partial charge in [-0.05, 0) is 58.2 Å². The van der Waals surface area contributed by atoms with E-state index in [1.54, 1.807) is 0 Å². The molecule has 1 fully saturated rings. The van der Waals surface area contributed by atoms with Crippen molar-refractivity contribution in [2.75, 3.05) is 33.4 Å². The van der Waals surface area contributed by atoms with Gasteiger partial charge in [0.15, 0.2) is 0 Å². The second kappa shape index (κ2) is 8.48. The fourth-order valence-corrected chi connectivity index (χ4v) is 2.21. The Morgan fingerprint density at radius 3 is 2.65 bits per heavy atom. The zero-order chi connectivity index (χ0) is 12.5. The van der Waals surface area contributed by atoms with Crippen molar-refractivity contribution in [3.05, 3.63) is 0 Å². The van der Waals surface area contributed by atoms with E-state index >= 15 is 0 Å². The molecule has 4 nitrogen and oxygen atoms in total. The summed E-state index contributed by atoms with van der Waals surface area (Å²) in [6.07, 6.45) is 5.72. The molecule has 1 rings (SSSR count). The molecule has 0 radical (unpaired) electrons. The topological polar surface area (TPSA) is 49.8 Å². The Bertz CT molecular complexity index is 215. The minimum atomic E-state index is -0.685. The van der Waals surface area contributed by atoms with Crippen LogP contribution in [-0.4, -0.2) is 49.3 Å². The van der Waals surface area contributed by atoms with Gasteiger partial charge in [-0.3, -0.25) is 4.79 Å². The van der Waals surface area contributed by atoms with Crippen molar-refractivity contribution >= 4 is 5.97 Å². The van der Waals surface area contributed by atoms with Crippen molar-refractivity contribution in [2.24, 2.45) is 5.92 Å². The molecule has 0 aromatic heterocycles. The minimum Gasteiger partial charge on any atom is -0.481 e. The maximum absolute atomic E-state index is 10.4. The first-order chi connectivity index (χ1) is 8.18. The van der Waals surface area contributed by atoms with Gasteiger partial charge in [0.1, 0.15) is 0 Å². The van der Waals surface area contributed by atoms with Crippen LogP contribution in [0.15, 0.2) is 0 Å². The standard InChI is InChI=1S/C13H25NO3/c1-14(8-3-2-4-13(15)16)9-5-12-6-10-17-11-7-12/h12H,2-11H2,1H3,(H,15,16). The number of carbonyl (C=O) groups is 1. The molecule has 1 heterocycles. The van der Waals surface area contributed by atoms with Crippen LogP contribution in [0.2, 0.25) is 0 Å². The quantitative estimate of drug-likeness (QED) is 0.662. The number of carboxylic acids is 1. The fourth-order valence-electron chi connectivity index (χ4n) is 2.21. The Morgan fingerprint density at radius 1 is 1.29 bits per heavy atom. The Labute approximate surface area is 104 Å². The lowest BCUT2D eigenvalue weighted by molar-refractivity contribution is -0.137. The Hall–Kier alpha value is -0.610. The molecule has 4 heteroatoms. The molecule has 0 unspecified atom stereocenters. The van der Waals surface area contributed by atoms with Crippen molar-refractivity contribution < 1.29 is 14.6 Å². The van der Waals surface area contributed by atoms with Crippen LogP contribution >= 0.6 is 0 Å². The third-order valence-corrected chi connectivity index (χ3v) is 3.44. The fraction of sp³-hybridized carbons (Fsp3) is 0.923. The zero-order valence-electron chi connectivity index (χ0n) is 10.9. The molecular weight excluding hydrogens is 218 g/mol. The highest BCUT2D eigenvalue weighted by Crippen LogP contribution is 2.18. The average Bonchev–Trinajstić information content (AvgIpc) is 2.33. The maximum Gasteiger partial charge on any atom is 0.303 e. The van der Waals surface area contributed by atoms with E-state index in [1.807, 2.05) is 0 Å². The Morgan fingerprint density at radius 2 is 2.00 bits per heavy atom. The molecule has 1 saturated heterocycles. The summed E-state index contributed by atoms with van der Waals surface area (Å²) >= 11 is 0. The molecule has 0 amide bonds. The van der Waals surface area contributed by atoms with Gasteiger partial charge in [0, 0.05) is 19.6 Å². The molecule has 0 bridgehead atoms. The van der Waals surface area contributed by atoms with Crippen molar-refractivity contribution in [1.82, 2.24) is 4.90 Å². The van der Waals surface area contributed by atoms with E-state index in [0.29, 0.717) is 6.42 Å². The summed E-state index contributed by atoms with van der Waals surface area (Å²) in [5.74, 6) is 0.139. The van der Waals surface area contributed by atoms with Crippen LogP contribution in [0, 0.1) is 5.92 Å². The van der Waals surface area contributed by atoms with E-state index in [9.17, 15) is 4.79 Å². The molecule has 1 aliphatic rings. The van der Waals surface area contributed by atoms with Crippen molar-refractivity contribution in [3.8, 4) is 0 Å². The number of hydrogen-bond donors (Lipinski definition) is 1. The molecule has 0 spiro atoms. The van der Waals surface area contributed by atoms with E-state index in [4.69, 9.17) is 9.84 Å². The van der Waals surface area contributed by atoms with Crippen LogP contribution in [0.1, 0.15) is 38.5 Å². The van der Waals surface area contributed by atoms with Gasteiger partial charge in [0.2, 0.25) is 0 Å². The van der Waals surface area contributed by atoms with Crippen LogP contribution in [-0.2, 0) is 9.53 Å². The van der Waals surface area contributed by atoms with Crippen molar-refractivity contribution in [3.63, 3.8) is 0 Å². The van der Waals surface area contributed by atoms with E-state index < -0.39 is 5.97 Å². The summed E-state index contributed by atoms with van der Waals surface area (Å²) in [5.41, 5.74) is 0. The summed E-state index contributed by atoms with van der Waals surface area (Å²) in [6.45, 7) is 3.98. The third kappa shape index (κ3) is 7.34. The van der Waals surface area contributed by atoms with E-state index in [2.05, 4.69) is 11.9 Å². The number of carboxylic acid groups (broad SMARTS) is 1. The van der Waals surface area contributed by atoms with Gasteiger partial charge in [-0.15, -0.1) is 0 Å². The lowest BCUT2D eigenvalue weighted by Gasteiger charge is -2.24. The van der Waals surface area contributed by atoms with Gasteiger partial charge in [0.05, 0.1) is 0 Å². The monoisotopic (exact) mass is 243 g/mol. The molecular formula is C13H25NO3. The molecule has 1 N–H and O–H groups in total. The highest BCUT2D eigenvalue weighted by Gasteiger charge is 2.13. The number of unbranched alkanes of at least 4 members (excludes halogenated alkanes) is 1. The van der Waals surface area contributed by atoms with Crippen molar-refractivity contribution in [1.29, 1.82) is 0 Å². The van der Waals surface area contributed by atoms with E-state index in [1.165, 1.54) is 19.3 Å². The largest absolute Gasteiger partial charge is 0.481 e. The summed E-state index contributed by atoms with van der Waals surface area (Å²) in [4.78, 5) is 12.7. The summed E-state index contributed by atoms with van der Waals surface area (Å²) in [5, 5.41) is 8.53. The van der Waals surface area contributed by atoms with Crippen LogP contribution < -0.4 is 0 Å². The SMILES string of the molecule is CN(CCCCC(=O)O)CCC1CCOCC1. The molecule has 100 valence electrons. The first-order valence-corrected chi connectivity index (χ1v) is 6.66. The summed E-state index contributed by atoms with van der Waals surface area (Å²) < 4.78 is 5.34. The Kier molecular flexibility index (Phi) is 7.21. The predicted octanol–water partition coefficient (Wildman–Crippen LogP) is 1.99. The molecule has 0 atom stereocenters. The lowest BCUT2D eigenvalue weighted by Crippen LogP contribution is -2.25. The first kappa shape index (κ1) is 14.5. The second-order valence-corrected chi connectivity index (χ2v) is 5.00. The maximum atomic E-state index is 10.4. The molecule has 0 aromatic rings. The number of ether oxygens (including phenoxy) is 1. The zero-order valence-corrected chi connectivity index (χ0v) is 10.9. The van der Waals surface area contributed by atoms with E-state index in [0.717, 1.165) is 45.1 Å². The summed E-state index contributed by atoms with van der Waals surface area (Å²) in [7, 11) is 2.13. The van der Waals surface area contributed by atoms with Crippen molar-refractivity contribution in [2.45, 2.75) is 38.5 Å². The minimum absolute atomic E-state index is 0.299. The van der Waals surface area contributed by atoms with Crippen LogP contribution in [0.4, 0.5) is 0 Å². The summed E-state index contributed by atoms with van der Waals surface area (Å²) in [6, 6.07) is 0. The van der Waals surface area contributed by atoms with Gasteiger partial charge in [-0.2, -0.15) is 0 Å². The van der Waals surface area contributed by atoms with Gasteiger partial charge in [0.25, 0.3) is 0 Å². The van der Waals surface area contributed by atoms with Gasteiger partial charge in [-0.1, -0.05) is 0 Å². The van der Waals surface area contributed by atoms with E-state index in [-0.39, 0.29) is 0 Å². The smallest absolute Gasteiger partial charge is 0.303 e. The van der Waals surface area contributed by atoms with Gasteiger partial charge >= 0.3 is 5.97 Å². The highest BCUT2D eigenvalue weighted by atomic mass is 16.5. The van der Waals surface area contributed by atoms with Gasteiger partial charge in [-0.25, -0.2) is 0 Å². The Balaban J connectivity index is 1.96. The molecule has 0 saturated carbocycles. The van der Waals surface area contributed by atoms with Crippen LogP contribution in [0.3, 0.4) is 0 Å². The number of rotatable bonds is 8. The van der Waals surface area contributed by atoms with Gasteiger partial charge < -0.3 is 14.7 Å². The first-order valence-electron chi connectivity index (χ1n) is 6.66. The normalized spacial score (nSPS) is 17.5. The van der Waals surface area contributed by atoms with Crippen LogP contribution in [0.25, 0.3) is 0 Å². The number of aliphatic carboxylic acids is 1. The third-order valence-electron chi connectivity index (χ3n) is 3.44. The molecule has 1 aliphatic heterocycles. The second-order valence-electron chi connectivity index (χ2n) is 5.00. The molecule has 0 aromatic carbocycles. The molecule has 17 heavy (non-hydrogen) atoms. The predicted molar refractivity (Wildman–Crippen MR) is 67.1 cm³/mol. The highest BCUT2D eigenvalue weighted by molar-refractivity contribution is 5.66. The van der Waals surface area contributed by atoms with Crippen LogP contribution in [0.5, 0.6) is 0 Å².